The van der Waals surface area contributed by atoms with Gasteiger partial charge in [-0.05, 0) is 32.1 Å². The van der Waals surface area contributed by atoms with Gasteiger partial charge < -0.3 is 45.2 Å². The number of rotatable bonds is 33. The first-order valence-electron chi connectivity index (χ1n) is 16.2. The Morgan fingerprint density at radius 1 is 0.556 bits per heavy atom. The summed E-state index contributed by atoms with van der Waals surface area (Å²) in [5, 5.41) is 25.5. The standard InChI is InChI=1S/C31H55N3O11/c35-19-9-12-26(31(41)42)34-29(38)16-15-28(37)33-18-11-21-44-23-25-45-24-22-43-20-10-17-32-27(36)13-7-5-3-1-2-4-6-8-14-30(39)40/h19,26H,1-18,20-25H2,(H,32,36)(H,33,37)(H,34,38)(H,39,40)(H,41,42)/t26-/m0/s1. The molecule has 0 aliphatic rings. The molecule has 0 fully saturated rings. The van der Waals surface area contributed by atoms with Crippen molar-refractivity contribution in [1.82, 2.24) is 16.0 Å². The molecular weight excluding hydrogens is 590 g/mol. The van der Waals surface area contributed by atoms with Crippen LogP contribution in [0, 0.1) is 0 Å². The highest BCUT2D eigenvalue weighted by atomic mass is 16.5. The van der Waals surface area contributed by atoms with E-state index < -0.39 is 23.9 Å². The van der Waals surface area contributed by atoms with Gasteiger partial charge in [0.1, 0.15) is 12.3 Å². The van der Waals surface area contributed by atoms with Gasteiger partial charge in [-0.1, -0.05) is 38.5 Å². The molecule has 3 amide bonds. The van der Waals surface area contributed by atoms with Crippen molar-refractivity contribution in [2.45, 2.75) is 109 Å². The van der Waals surface area contributed by atoms with Gasteiger partial charge in [-0.25, -0.2) is 4.79 Å². The topological polar surface area (TPSA) is 207 Å². The molecule has 0 spiro atoms. The Morgan fingerprint density at radius 2 is 1.00 bits per heavy atom. The van der Waals surface area contributed by atoms with Gasteiger partial charge in [0.2, 0.25) is 17.7 Å². The molecule has 0 aromatic carbocycles. The maximum atomic E-state index is 11.9. The van der Waals surface area contributed by atoms with E-state index >= 15 is 0 Å². The van der Waals surface area contributed by atoms with Crippen LogP contribution in [0.15, 0.2) is 0 Å². The number of carboxylic acids is 2. The number of amides is 3. The van der Waals surface area contributed by atoms with E-state index in [1.165, 1.54) is 0 Å². The zero-order valence-corrected chi connectivity index (χ0v) is 26.7. The Balaban J connectivity index is 3.41. The minimum absolute atomic E-state index is 0.00316. The Labute approximate surface area is 266 Å². The zero-order valence-electron chi connectivity index (χ0n) is 26.7. The van der Waals surface area contributed by atoms with Crippen molar-refractivity contribution in [3.05, 3.63) is 0 Å². The van der Waals surface area contributed by atoms with Crippen LogP contribution in [0.5, 0.6) is 0 Å². The highest BCUT2D eigenvalue weighted by Crippen LogP contribution is 2.10. The highest BCUT2D eigenvalue weighted by Gasteiger charge is 2.19. The number of aliphatic carboxylic acids is 2. The van der Waals surface area contributed by atoms with Crippen LogP contribution < -0.4 is 16.0 Å². The predicted octanol–water partition coefficient (Wildman–Crippen LogP) is 2.36. The highest BCUT2D eigenvalue weighted by molar-refractivity contribution is 5.87. The summed E-state index contributed by atoms with van der Waals surface area (Å²) in [6, 6.07) is -1.15. The summed E-state index contributed by atoms with van der Waals surface area (Å²) in [6.07, 6.45) is 10.6. The van der Waals surface area contributed by atoms with Gasteiger partial charge in [0.25, 0.3) is 0 Å². The zero-order chi connectivity index (χ0) is 33.4. The van der Waals surface area contributed by atoms with Crippen LogP contribution >= 0.6 is 0 Å². The van der Waals surface area contributed by atoms with Crippen molar-refractivity contribution < 1.29 is 53.2 Å². The first kappa shape index (κ1) is 41.9. The molecule has 0 rings (SSSR count). The van der Waals surface area contributed by atoms with Gasteiger partial charge in [0.05, 0.1) is 26.4 Å². The van der Waals surface area contributed by atoms with Gasteiger partial charge in [-0.3, -0.25) is 19.2 Å². The number of carbonyl (C=O) groups excluding carboxylic acids is 4. The largest absolute Gasteiger partial charge is 0.481 e. The van der Waals surface area contributed by atoms with Crippen LogP contribution in [0.4, 0.5) is 0 Å². The molecule has 0 aromatic rings. The Hall–Kier alpha value is -3.10. The number of hydrogen-bond donors (Lipinski definition) is 5. The van der Waals surface area contributed by atoms with Crippen molar-refractivity contribution >= 4 is 35.9 Å². The molecule has 14 heteroatoms. The number of carbonyl (C=O) groups is 6. The van der Waals surface area contributed by atoms with Gasteiger partial charge in [0.15, 0.2) is 0 Å². The Bertz CT molecular complexity index is 827. The number of carboxylic acid groups (broad SMARTS) is 2. The number of aldehydes is 1. The van der Waals surface area contributed by atoms with Crippen LogP contribution in [0.3, 0.4) is 0 Å². The fourth-order valence-corrected chi connectivity index (χ4v) is 4.13. The second-order valence-electron chi connectivity index (χ2n) is 10.7. The second-order valence-corrected chi connectivity index (χ2v) is 10.7. The molecule has 5 N–H and O–H groups in total. The molecule has 0 saturated heterocycles. The molecule has 0 saturated carbocycles. The lowest BCUT2D eigenvalue weighted by Crippen LogP contribution is -2.41. The molecule has 0 radical (unpaired) electrons. The van der Waals surface area contributed by atoms with E-state index in [2.05, 4.69) is 16.0 Å². The third-order valence-electron chi connectivity index (χ3n) is 6.65. The van der Waals surface area contributed by atoms with E-state index in [1.807, 2.05) is 0 Å². The van der Waals surface area contributed by atoms with Crippen molar-refractivity contribution in [1.29, 1.82) is 0 Å². The number of unbranched alkanes of at least 4 members (excludes halogenated alkanes) is 7. The fraction of sp³-hybridized carbons (Fsp3) is 0.806. The van der Waals surface area contributed by atoms with Crippen molar-refractivity contribution in [3.63, 3.8) is 0 Å². The Morgan fingerprint density at radius 3 is 1.49 bits per heavy atom. The number of ether oxygens (including phenoxy) is 3. The van der Waals surface area contributed by atoms with Crippen LogP contribution in [0.1, 0.15) is 103 Å². The SMILES string of the molecule is O=CCC[C@H](NC(=O)CCC(=O)NCCCOCCOCCOCCCNC(=O)CCCCCCCCCCC(=O)O)C(=O)O. The molecule has 45 heavy (non-hydrogen) atoms. The smallest absolute Gasteiger partial charge is 0.326 e. The van der Waals surface area contributed by atoms with Crippen LogP contribution in [0.25, 0.3) is 0 Å². The van der Waals surface area contributed by atoms with E-state index in [4.69, 9.17) is 24.4 Å². The average molecular weight is 646 g/mol. The van der Waals surface area contributed by atoms with Crippen molar-refractivity contribution in [3.8, 4) is 0 Å². The summed E-state index contributed by atoms with van der Waals surface area (Å²) in [5.41, 5.74) is 0. The van der Waals surface area contributed by atoms with Crippen molar-refractivity contribution in [2.75, 3.05) is 52.7 Å². The first-order chi connectivity index (χ1) is 21.8. The summed E-state index contributed by atoms with van der Waals surface area (Å²) in [4.78, 5) is 67.5. The van der Waals surface area contributed by atoms with Crippen LogP contribution in [-0.4, -0.2) is 105 Å². The summed E-state index contributed by atoms with van der Waals surface area (Å²) in [5.74, 6) is -2.77. The third-order valence-corrected chi connectivity index (χ3v) is 6.65. The Kier molecular flexibility index (Phi) is 28.8. The number of hydrogen-bond acceptors (Lipinski definition) is 9. The van der Waals surface area contributed by atoms with E-state index in [1.54, 1.807) is 0 Å². The quantitative estimate of drug-likeness (QED) is 0.0517. The molecule has 0 heterocycles. The predicted molar refractivity (Wildman–Crippen MR) is 166 cm³/mol. The second kappa shape index (κ2) is 30.9. The van der Waals surface area contributed by atoms with E-state index in [9.17, 15) is 28.8 Å². The van der Waals surface area contributed by atoms with Gasteiger partial charge in [-0.15, -0.1) is 0 Å². The lowest BCUT2D eigenvalue weighted by Gasteiger charge is -2.13. The minimum Gasteiger partial charge on any atom is -0.481 e. The molecule has 260 valence electrons. The average Bonchev–Trinajstić information content (AvgIpc) is 3.00. The van der Waals surface area contributed by atoms with Crippen LogP contribution in [-0.2, 0) is 43.0 Å². The lowest BCUT2D eigenvalue weighted by molar-refractivity contribution is -0.142. The third kappa shape index (κ3) is 30.7. The monoisotopic (exact) mass is 645 g/mol. The lowest BCUT2D eigenvalue weighted by atomic mass is 10.1. The van der Waals surface area contributed by atoms with E-state index in [0.717, 1.165) is 57.8 Å². The molecule has 1 atom stereocenters. The minimum atomic E-state index is -1.22. The summed E-state index contributed by atoms with van der Waals surface area (Å²) < 4.78 is 16.4. The number of nitrogens with one attached hydrogen (secondary N) is 3. The molecular formula is C31H55N3O11. The summed E-state index contributed by atoms with van der Waals surface area (Å²) >= 11 is 0. The molecule has 0 aliphatic heterocycles. The van der Waals surface area contributed by atoms with E-state index in [-0.39, 0.29) is 43.9 Å². The summed E-state index contributed by atoms with van der Waals surface area (Å²) in [6.45, 7) is 3.64. The molecule has 0 aromatic heterocycles. The molecule has 0 aliphatic carbocycles. The van der Waals surface area contributed by atoms with Gasteiger partial charge in [-0.2, -0.15) is 0 Å². The van der Waals surface area contributed by atoms with Crippen LogP contribution in [0.2, 0.25) is 0 Å². The normalized spacial score (nSPS) is 11.5. The molecule has 0 bridgehead atoms. The fourth-order valence-electron chi connectivity index (χ4n) is 4.13. The maximum Gasteiger partial charge on any atom is 0.326 e. The van der Waals surface area contributed by atoms with E-state index in [0.29, 0.717) is 71.9 Å². The maximum absolute atomic E-state index is 11.9. The van der Waals surface area contributed by atoms with Gasteiger partial charge in [0, 0.05) is 58.4 Å². The van der Waals surface area contributed by atoms with Gasteiger partial charge >= 0.3 is 11.9 Å². The molecule has 14 nitrogen and oxygen atoms in total. The van der Waals surface area contributed by atoms with Crippen molar-refractivity contribution in [2.24, 2.45) is 0 Å². The molecule has 0 unspecified atom stereocenters. The summed E-state index contributed by atoms with van der Waals surface area (Å²) in [7, 11) is 0. The first-order valence-corrected chi connectivity index (χ1v) is 16.2.